The van der Waals surface area contributed by atoms with Crippen molar-refractivity contribution in [3.8, 4) is 11.3 Å². The topological polar surface area (TPSA) is 34.9 Å². The van der Waals surface area contributed by atoms with E-state index in [1.165, 1.54) is 11.1 Å². The van der Waals surface area contributed by atoms with E-state index in [2.05, 4.69) is 21.7 Å². The molecule has 1 aliphatic rings. The van der Waals surface area contributed by atoms with Crippen LogP contribution >= 0.6 is 0 Å². The molecule has 92 valence electrons. The van der Waals surface area contributed by atoms with Crippen LogP contribution in [-0.2, 0) is 4.79 Å². The summed E-state index contributed by atoms with van der Waals surface area (Å²) < 4.78 is 2.12. The zero-order valence-electron chi connectivity index (χ0n) is 10.5. The number of carbonyl (C=O) groups excluding carboxylic acids is 1. The Morgan fingerprint density at radius 2 is 2.22 bits per heavy atom. The predicted octanol–water partition coefficient (Wildman–Crippen LogP) is 3.21. The fourth-order valence-corrected chi connectivity index (χ4v) is 2.74. The number of aromatic nitrogens is 2. The third-order valence-electron chi connectivity index (χ3n) is 3.55. The molecule has 1 aliphatic heterocycles. The lowest BCUT2D eigenvalue weighted by atomic mass is 9.98. The number of Topliss-reactive ketones (excluding diaryl/α,β-unsaturated/α-hetero) is 1. The van der Waals surface area contributed by atoms with E-state index in [1.54, 1.807) is 0 Å². The van der Waals surface area contributed by atoms with Gasteiger partial charge in [-0.05, 0) is 12.0 Å². The number of hydrogen-bond donors (Lipinski definition) is 0. The number of carbonyl (C=O) groups is 1. The largest absolute Gasteiger partial charge is 0.323 e. The number of imidazole rings is 1. The molecule has 18 heavy (non-hydrogen) atoms. The maximum atomic E-state index is 11.9. The van der Waals surface area contributed by atoms with Crippen molar-refractivity contribution < 1.29 is 4.79 Å². The highest BCUT2D eigenvalue weighted by molar-refractivity contribution is 5.81. The normalized spacial score (nSPS) is 16.4. The highest BCUT2D eigenvalue weighted by Gasteiger charge is 2.29. The standard InChI is InChI=1S/C15H16N2O/c1-2-5-11(18)8-14-12-6-3-4-7-13(12)15-9-16-10-17(14)15/h3-4,6-7,9-10,14H,2,5,8H2,1H3. The second kappa shape index (κ2) is 4.41. The van der Waals surface area contributed by atoms with E-state index >= 15 is 0 Å². The molecule has 1 aromatic heterocycles. The van der Waals surface area contributed by atoms with Gasteiger partial charge in [-0.1, -0.05) is 31.2 Å². The van der Waals surface area contributed by atoms with E-state index in [9.17, 15) is 4.79 Å². The predicted molar refractivity (Wildman–Crippen MR) is 70.3 cm³/mol. The van der Waals surface area contributed by atoms with E-state index in [1.807, 2.05) is 31.6 Å². The Morgan fingerprint density at radius 3 is 3.06 bits per heavy atom. The van der Waals surface area contributed by atoms with Gasteiger partial charge in [0, 0.05) is 18.4 Å². The van der Waals surface area contributed by atoms with Crippen LogP contribution in [0.1, 0.15) is 37.8 Å². The lowest BCUT2D eigenvalue weighted by Gasteiger charge is -2.13. The zero-order chi connectivity index (χ0) is 12.5. The van der Waals surface area contributed by atoms with Crippen LogP contribution in [0.25, 0.3) is 11.3 Å². The summed E-state index contributed by atoms with van der Waals surface area (Å²) in [5, 5.41) is 0. The van der Waals surface area contributed by atoms with Gasteiger partial charge in [-0.25, -0.2) is 4.98 Å². The lowest BCUT2D eigenvalue weighted by Crippen LogP contribution is -2.11. The van der Waals surface area contributed by atoms with Gasteiger partial charge in [0.15, 0.2) is 0 Å². The number of hydrogen-bond acceptors (Lipinski definition) is 2. The maximum Gasteiger partial charge on any atom is 0.135 e. The monoisotopic (exact) mass is 240 g/mol. The van der Waals surface area contributed by atoms with Crippen LogP contribution in [-0.4, -0.2) is 15.3 Å². The number of ketones is 1. The van der Waals surface area contributed by atoms with Crippen LogP contribution in [0.5, 0.6) is 0 Å². The summed E-state index contributed by atoms with van der Waals surface area (Å²) >= 11 is 0. The van der Waals surface area contributed by atoms with Crippen LogP contribution in [0.4, 0.5) is 0 Å². The molecule has 1 unspecified atom stereocenters. The summed E-state index contributed by atoms with van der Waals surface area (Å²) in [6.45, 7) is 2.04. The molecular formula is C15H16N2O. The van der Waals surface area contributed by atoms with E-state index in [4.69, 9.17) is 0 Å². The van der Waals surface area contributed by atoms with Crippen LogP contribution in [0.15, 0.2) is 36.8 Å². The van der Waals surface area contributed by atoms with Gasteiger partial charge < -0.3 is 4.57 Å². The Bertz CT molecular complexity index is 586. The average molecular weight is 240 g/mol. The van der Waals surface area contributed by atoms with E-state index in [0.29, 0.717) is 18.6 Å². The quantitative estimate of drug-likeness (QED) is 0.822. The lowest BCUT2D eigenvalue weighted by molar-refractivity contribution is -0.119. The van der Waals surface area contributed by atoms with Crippen LogP contribution in [0.3, 0.4) is 0 Å². The second-order valence-electron chi connectivity index (χ2n) is 4.78. The summed E-state index contributed by atoms with van der Waals surface area (Å²) in [4.78, 5) is 16.1. The molecule has 0 saturated carbocycles. The first-order valence-corrected chi connectivity index (χ1v) is 6.44. The minimum absolute atomic E-state index is 0.137. The Morgan fingerprint density at radius 1 is 1.39 bits per heavy atom. The molecule has 3 nitrogen and oxygen atoms in total. The Hall–Kier alpha value is -1.90. The van der Waals surface area contributed by atoms with Crippen molar-refractivity contribution in [2.24, 2.45) is 0 Å². The Labute approximate surface area is 106 Å². The first-order valence-electron chi connectivity index (χ1n) is 6.44. The summed E-state index contributed by atoms with van der Waals surface area (Å²) in [6.07, 6.45) is 5.88. The fraction of sp³-hybridized carbons (Fsp3) is 0.333. The minimum Gasteiger partial charge on any atom is -0.323 e. The molecule has 2 aromatic rings. The maximum absolute atomic E-state index is 11.9. The van der Waals surface area contributed by atoms with Crippen LogP contribution in [0, 0.1) is 0 Å². The molecular weight excluding hydrogens is 224 g/mol. The summed E-state index contributed by atoms with van der Waals surface area (Å²) in [5.74, 6) is 0.332. The van der Waals surface area contributed by atoms with Gasteiger partial charge in [0.2, 0.25) is 0 Å². The van der Waals surface area contributed by atoms with Crippen molar-refractivity contribution in [3.05, 3.63) is 42.4 Å². The Balaban J connectivity index is 1.98. The molecule has 0 aliphatic carbocycles. The Kier molecular flexibility index (Phi) is 2.74. The first kappa shape index (κ1) is 11.2. The summed E-state index contributed by atoms with van der Waals surface area (Å²) in [6, 6.07) is 8.43. The molecule has 0 bridgehead atoms. The second-order valence-corrected chi connectivity index (χ2v) is 4.78. The van der Waals surface area contributed by atoms with Crippen molar-refractivity contribution in [3.63, 3.8) is 0 Å². The van der Waals surface area contributed by atoms with E-state index in [-0.39, 0.29) is 6.04 Å². The van der Waals surface area contributed by atoms with Crippen LogP contribution < -0.4 is 0 Å². The van der Waals surface area contributed by atoms with Gasteiger partial charge in [-0.15, -0.1) is 0 Å². The first-order chi connectivity index (χ1) is 8.81. The number of fused-ring (bicyclic) bond motifs is 3. The van der Waals surface area contributed by atoms with E-state index < -0.39 is 0 Å². The van der Waals surface area contributed by atoms with Crippen molar-refractivity contribution in [1.29, 1.82) is 0 Å². The van der Waals surface area contributed by atoms with Gasteiger partial charge in [0.1, 0.15) is 5.78 Å². The van der Waals surface area contributed by atoms with Crippen LogP contribution in [0.2, 0.25) is 0 Å². The summed E-state index contributed by atoms with van der Waals surface area (Å²) in [5.41, 5.74) is 3.59. The highest BCUT2D eigenvalue weighted by Crippen LogP contribution is 2.40. The molecule has 0 spiro atoms. The molecule has 1 atom stereocenters. The SMILES string of the molecule is CCCC(=O)CC1c2ccccc2-c2cncn21. The third-order valence-corrected chi connectivity index (χ3v) is 3.55. The smallest absolute Gasteiger partial charge is 0.135 e. The van der Waals surface area contributed by atoms with Gasteiger partial charge in [-0.3, -0.25) is 4.79 Å². The zero-order valence-corrected chi connectivity index (χ0v) is 10.5. The van der Waals surface area contributed by atoms with Gasteiger partial charge in [0.05, 0.1) is 24.3 Å². The van der Waals surface area contributed by atoms with Gasteiger partial charge >= 0.3 is 0 Å². The van der Waals surface area contributed by atoms with Crippen molar-refractivity contribution in [1.82, 2.24) is 9.55 Å². The molecule has 1 aromatic carbocycles. The van der Waals surface area contributed by atoms with Crippen molar-refractivity contribution in [2.45, 2.75) is 32.2 Å². The average Bonchev–Trinajstić information content (AvgIpc) is 2.93. The number of nitrogens with zero attached hydrogens (tertiary/aromatic N) is 2. The molecule has 0 saturated heterocycles. The molecule has 0 amide bonds. The van der Waals surface area contributed by atoms with Crippen molar-refractivity contribution >= 4 is 5.78 Å². The molecule has 0 N–H and O–H groups in total. The number of benzene rings is 1. The number of rotatable bonds is 4. The molecule has 0 radical (unpaired) electrons. The van der Waals surface area contributed by atoms with Gasteiger partial charge in [0.25, 0.3) is 0 Å². The molecule has 2 heterocycles. The molecule has 3 heteroatoms. The van der Waals surface area contributed by atoms with Crippen molar-refractivity contribution in [2.75, 3.05) is 0 Å². The summed E-state index contributed by atoms with van der Waals surface area (Å²) in [7, 11) is 0. The molecule has 3 rings (SSSR count). The minimum atomic E-state index is 0.137. The highest BCUT2D eigenvalue weighted by atomic mass is 16.1. The fourth-order valence-electron chi connectivity index (χ4n) is 2.74. The van der Waals surface area contributed by atoms with Gasteiger partial charge in [-0.2, -0.15) is 0 Å². The van der Waals surface area contributed by atoms with E-state index in [0.717, 1.165) is 12.1 Å². The third kappa shape index (κ3) is 1.67. The molecule has 0 fully saturated rings.